The molecule has 108 valence electrons. The van der Waals surface area contributed by atoms with Crippen molar-refractivity contribution >= 4 is 17.1 Å². The number of aliphatic hydroxyl groups is 1. The Bertz CT molecular complexity index is 548. The molecular formula is C14H20N4O2. The Hall–Kier alpha value is -2.08. The summed E-state index contributed by atoms with van der Waals surface area (Å²) in [5.74, 6) is 0.719. The molecule has 0 fully saturated rings. The monoisotopic (exact) mass is 276 g/mol. The highest BCUT2D eigenvalue weighted by Gasteiger charge is 2.14. The number of amides is 2. The Morgan fingerprint density at radius 3 is 2.80 bits per heavy atom. The summed E-state index contributed by atoms with van der Waals surface area (Å²) in [6, 6.07) is 7.18. The topological polar surface area (TPSA) is 90.0 Å². The van der Waals surface area contributed by atoms with E-state index in [4.69, 9.17) is 5.11 Å². The van der Waals surface area contributed by atoms with Crippen molar-refractivity contribution in [2.45, 2.75) is 32.4 Å². The number of carbonyl (C=O) groups excluding carboxylic acids is 1. The molecule has 0 radical (unpaired) electrons. The first kappa shape index (κ1) is 14.3. The summed E-state index contributed by atoms with van der Waals surface area (Å²) in [6.07, 6.45) is 0.534. The largest absolute Gasteiger partial charge is 0.396 e. The average Bonchev–Trinajstić information content (AvgIpc) is 2.82. The molecule has 1 unspecified atom stereocenters. The number of fused-ring (bicyclic) bond motifs is 1. The first-order valence-electron chi connectivity index (χ1n) is 6.72. The van der Waals surface area contributed by atoms with E-state index >= 15 is 0 Å². The minimum absolute atomic E-state index is 0.0561. The van der Waals surface area contributed by atoms with Gasteiger partial charge in [-0.15, -0.1) is 0 Å². The van der Waals surface area contributed by atoms with Gasteiger partial charge < -0.3 is 20.7 Å². The van der Waals surface area contributed by atoms with Gasteiger partial charge in [-0.3, -0.25) is 0 Å². The predicted octanol–water partition coefficient (Wildman–Crippen LogP) is 1.69. The molecule has 0 spiro atoms. The maximum absolute atomic E-state index is 11.8. The van der Waals surface area contributed by atoms with E-state index in [-0.39, 0.29) is 24.7 Å². The molecule has 1 heterocycles. The van der Waals surface area contributed by atoms with E-state index in [1.807, 2.05) is 38.1 Å². The molecule has 1 aromatic heterocycles. The fourth-order valence-electron chi connectivity index (χ4n) is 1.97. The van der Waals surface area contributed by atoms with Crippen LogP contribution in [-0.4, -0.2) is 33.8 Å². The van der Waals surface area contributed by atoms with Gasteiger partial charge in [-0.05, 0) is 32.4 Å². The lowest BCUT2D eigenvalue weighted by Crippen LogP contribution is -2.42. The fraction of sp³-hybridized carbons (Fsp3) is 0.429. The lowest BCUT2D eigenvalue weighted by atomic mass is 10.2. The normalized spacial score (nSPS) is 13.9. The van der Waals surface area contributed by atoms with Crippen molar-refractivity contribution in [1.29, 1.82) is 0 Å². The number of nitrogens with zero attached hydrogens (tertiary/aromatic N) is 1. The number of H-pyrrole nitrogens is 1. The molecule has 20 heavy (non-hydrogen) atoms. The zero-order valence-corrected chi connectivity index (χ0v) is 11.7. The summed E-state index contributed by atoms with van der Waals surface area (Å²) >= 11 is 0. The number of urea groups is 1. The molecular weight excluding hydrogens is 256 g/mol. The molecule has 2 amide bonds. The third-order valence-corrected chi connectivity index (χ3v) is 3.11. The smallest absolute Gasteiger partial charge is 0.315 e. The number of aliphatic hydroxyl groups excluding tert-OH is 1. The Labute approximate surface area is 117 Å². The van der Waals surface area contributed by atoms with E-state index < -0.39 is 0 Å². The number of carbonyl (C=O) groups is 1. The second-order valence-corrected chi connectivity index (χ2v) is 4.89. The van der Waals surface area contributed by atoms with E-state index in [1.165, 1.54) is 0 Å². The van der Waals surface area contributed by atoms with Crippen LogP contribution in [0.1, 0.15) is 32.1 Å². The maximum Gasteiger partial charge on any atom is 0.315 e. The second-order valence-electron chi connectivity index (χ2n) is 4.89. The summed E-state index contributed by atoms with van der Waals surface area (Å²) in [5.41, 5.74) is 1.83. The van der Waals surface area contributed by atoms with Crippen LogP contribution in [0.2, 0.25) is 0 Å². The van der Waals surface area contributed by atoms with Crippen molar-refractivity contribution in [2.75, 3.05) is 6.61 Å². The standard InChI is InChI=1S/C14H20N4O2/c1-9(7-8-19)15-14(20)16-10(2)13-17-11-5-3-4-6-12(11)18-13/h3-6,9-10,19H,7-8H2,1-2H3,(H,17,18)(H2,15,16,20)/t9-,10?/m1/s1. The van der Waals surface area contributed by atoms with Crippen molar-refractivity contribution in [1.82, 2.24) is 20.6 Å². The van der Waals surface area contributed by atoms with Gasteiger partial charge in [0.1, 0.15) is 5.82 Å². The van der Waals surface area contributed by atoms with Crippen LogP contribution in [0.4, 0.5) is 4.79 Å². The molecule has 0 aliphatic rings. The number of hydrogen-bond acceptors (Lipinski definition) is 3. The molecule has 0 saturated carbocycles. The van der Waals surface area contributed by atoms with Crippen LogP contribution in [0.15, 0.2) is 24.3 Å². The highest BCUT2D eigenvalue weighted by atomic mass is 16.3. The lowest BCUT2D eigenvalue weighted by molar-refractivity contribution is 0.228. The van der Waals surface area contributed by atoms with Crippen LogP contribution in [-0.2, 0) is 0 Å². The van der Waals surface area contributed by atoms with Gasteiger partial charge in [0.25, 0.3) is 0 Å². The Balaban J connectivity index is 1.97. The summed E-state index contributed by atoms with van der Waals surface area (Å²) in [6.45, 7) is 3.77. The molecule has 4 N–H and O–H groups in total. The van der Waals surface area contributed by atoms with Gasteiger partial charge in [0.15, 0.2) is 0 Å². The predicted molar refractivity (Wildman–Crippen MR) is 77.3 cm³/mol. The lowest BCUT2D eigenvalue weighted by Gasteiger charge is -2.16. The van der Waals surface area contributed by atoms with E-state index in [2.05, 4.69) is 20.6 Å². The molecule has 0 aliphatic heterocycles. The molecule has 0 bridgehead atoms. The van der Waals surface area contributed by atoms with E-state index in [0.29, 0.717) is 6.42 Å². The van der Waals surface area contributed by atoms with Gasteiger partial charge in [-0.1, -0.05) is 12.1 Å². The van der Waals surface area contributed by atoms with Crippen LogP contribution in [0.25, 0.3) is 11.0 Å². The Morgan fingerprint density at radius 1 is 1.35 bits per heavy atom. The van der Waals surface area contributed by atoms with E-state index in [1.54, 1.807) is 0 Å². The van der Waals surface area contributed by atoms with Crippen molar-refractivity contribution in [3.05, 3.63) is 30.1 Å². The first-order valence-corrected chi connectivity index (χ1v) is 6.72. The minimum Gasteiger partial charge on any atom is -0.396 e. The Morgan fingerprint density at radius 2 is 2.10 bits per heavy atom. The molecule has 0 saturated heterocycles. The quantitative estimate of drug-likeness (QED) is 0.670. The zero-order valence-electron chi connectivity index (χ0n) is 11.7. The van der Waals surface area contributed by atoms with Crippen molar-refractivity contribution in [2.24, 2.45) is 0 Å². The van der Waals surface area contributed by atoms with Gasteiger partial charge in [-0.2, -0.15) is 0 Å². The van der Waals surface area contributed by atoms with Gasteiger partial charge >= 0.3 is 6.03 Å². The van der Waals surface area contributed by atoms with Crippen molar-refractivity contribution in [3.8, 4) is 0 Å². The van der Waals surface area contributed by atoms with Crippen molar-refractivity contribution in [3.63, 3.8) is 0 Å². The zero-order chi connectivity index (χ0) is 14.5. The third-order valence-electron chi connectivity index (χ3n) is 3.11. The number of benzene rings is 1. The third kappa shape index (κ3) is 3.48. The van der Waals surface area contributed by atoms with Crippen LogP contribution in [0, 0.1) is 0 Å². The fourth-order valence-corrected chi connectivity index (χ4v) is 1.97. The SMILES string of the molecule is CC(NC(=O)N[C@H](C)CCO)c1nc2ccccc2[nH]1. The van der Waals surface area contributed by atoms with Crippen molar-refractivity contribution < 1.29 is 9.90 Å². The van der Waals surface area contributed by atoms with Crippen LogP contribution >= 0.6 is 0 Å². The second kappa shape index (κ2) is 6.38. The first-order chi connectivity index (χ1) is 9.60. The molecule has 0 aliphatic carbocycles. The number of rotatable bonds is 5. The molecule has 1 aromatic carbocycles. The summed E-state index contributed by atoms with van der Waals surface area (Å²) in [4.78, 5) is 19.4. The molecule has 2 aromatic rings. The molecule has 6 heteroatoms. The molecule has 2 atom stereocenters. The Kier molecular flexibility index (Phi) is 4.57. The summed E-state index contributed by atoms with van der Waals surface area (Å²) in [5, 5.41) is 14.4. The average molecular weight is 276 g/mol. The molecule has 6 nitrogen and oxygen atoms in total. The van der Waals surface area contributed by atoms with Gasteiger partial charge in [0.05, 0.1) is 17.1 Å². The van der Waals surface area contributed by atoms with E-state index in [9.17, 15) is 4.79 Å². The highest BCUT2D eigenvalue weighted by molar-refractivity contribution is 5.76. The van der Waals surface area contributed by atoms with Crippen LogP contribution in [0.5, 0.6) is 0 Å². The van der Waals surface area contributed by atoms with E-state index in [0.717, 1.165) is 16.9 Å². The summed E-state index contributed by atoms with van der Waals surface area (Å²) < 4.78 is 0. The summed E-state index contributed by atoms with van der Waals surface area (Å²) in [7, 11) is 0. The van der Waals surface area contributed by atoms with Gasteiger partial charge in [0.2, 0.25) is 0 Å². The number of aromatic nitrogens is 2. The number of nitrogens with one attached hydrogen (secondary N) is 3. The number of hydrogen-bond donors (Lipinski definition) is 4. The van der Waals surface area contributed by atoms with Crippen LogP contribution in [0.3, 0.4) is 0 Å². The number of para-hydroxylation sites is 2. The van der Waals surface area contributed by atoms with Gasteiger partial charge in [-0.25, -0.2) is 9.78 Å². The maximum atomic E-state index is 11.8. The highest BCUT2D eigenvalue weighted by Crippen LogP contribution is 2.15. The number of aromatic amines is 1. The molecule has 2 rings (SSSR count). The van der Waals surface area contributed by atoms with Gasteiger partial charge in [0, 0.05) is 12.6 Å². The van der Waals surface area contributed by atoms with Crippen LogP contribution < -0.4 is 10.6 Å². The minimum atomic E-state index is -0.265. The number of imidazole rings is 1.